The minimum absolute atomic E-state index is 0.268. The molecule has 0 fully saturated rings. The lowest BCUT2D eigenvalue weighted by Gasteiger charge is -2.11. The van der Waals surface area contributed by atoms with Gasteiger partial charge in [-0.25, -0.2) is 13.6 Å². The van der Waals surface area contributed by atoms with E-state index in [0.717, 1.165) is 6.07 Å². The average molecular weight is 278 g/mol. The summed E-state index contributed by atoms with van der Waals surface area (Å²) in [5, 5.41) is 8.73. The molecule has 2 aromatic rings. The Morgan fingerprint density at radius 3 is 2.35 bits per heavy atom. The van der Waals surface area contributed by atoms with Gasteiger partial charge in [0.05, 0.1) is 0 Å². The number of hydrogen-bond donors (Lipinski definition) is 1. The van der Waals surface area contributed by atoms with Crippen LogP contribution in [0.2, 0.25) is 0 Å². The highest BCUT2D eigenvalue weighted by Crippen LogP contribution is 2.25. The molecule has 3 nitrogen and oxygen atoms in total. The summed E-state index contributed by atoms with van der Waals surface area (Å²) >= 11 is 0. The lowest BCUT2D eigenvalue weighted by atomic mass is 10.1. The van der Waals surface area contributed by atoms with Crippen molar-refractivity contribution >= 4 is 5.97 Å². The number of hydrogen-bond acceptors (Lipinski definition) is 2. The first-order chi connectivity index (χ1) is 9.47. The SMILES string of the molecule is CC(Oc1ccc(-c2ccc(F)cc2F)cc1)C(=O)O. The predicted molar refractivity (Wildman–Crippen MR) is 69.5 cm³/mol. The minimum Gasteiger partial charge on any atom is -0.479 e. The van der Waals surface area contributed by atoms with E-state index in [0.29, 0.717) is 11.3 Å². The fourth-order valence-corrected chi connectivity index (χ4v) is 1.69. The van der Waals surface area contributed by atoms with Gasteiger partial charge in [0, 0.05) is 11.6 Å². The van der Waals surface area contributed by atoms with Crippen molar-refractivity contribution in [3.05, 3.63) is 54.1 Å². The number of carbonyl (C=O) groups is 1. The van der Waals surface area contributed by atoms with Crippen molar-refractivity contribution < 1.29 is 23.4 Å². The molecule has 0 aliphatic heterocycles. The van der Waals surface area contributed by atoms with Crippen LogP contribution >= 0.6 is 0 Å². The van der Waals surface area contributed by atoms with Gasteiger partial charge in [0.15, 0.2) is 6.10 Å². The van der Waals surface area contributed by atoms with Gasteiger partial charge in [0.2, 0.25) is 0 Å². The summed E-state index contributed by atoms with van der Waals surface area (Å²) in [6.07, 6.45) is -0.969. The number of rotatable bonds is 4. The van der Waals surface area contributed by atoms with Gasteiger partial charge in [-0.15, -0.1) is 0 Å². The minimum atomic E-state index is -1.07. The molecular weight excluding hydrogens is 266 g/mol. The first kappa shape index (κ1) is 14.0. The fraction of sp³-hybridized carbons (Fsp3) is 0.133. The molecule has 2 rings (SSSR count). The molecule has 0 heterocycles. The Morgan fingerprint density at radius 1 is 1.15 bits per heavy atom. The third-order valence-corrected chi connectivity index (χ3v) is 2.76. The Balaban J connectivity index is 2.21. The molecule has 0 saturated heterocycles. The second kappa shape index (κ2) is 5.69. The zero-order chi connectivity index (χ0) is 14.7. The van der Waals surface area contributed by atoms with Crippen molar-refractivity contribution in [2.45, 2.75) is 13.0 Å². The van der Waals surface area contributed by atoms with Crippen LogP contribution < -0.4 is 4.74 Å². The van der Waals surface area contributed by atoms with Gasteiger partial charge in [-0.2, -0.15) is 0 Å². The zero-order valence-corrected chi connectivity index (χ0v) is 10.6. The van der Waals surface area contributed by atoms with Crippen LogP contribution in [0.15, 0.2) is 42.5 Å². The summed E-state index contributed by atoms with van der Waals surface area (Å²) in [5.41, 5.74) is 0.821. The van der Waals surface area contributed by atoms with Gasteiger partial charge in [0.25, 0.3) is 0 Å². The molecule has 20 heavy (non-hydrogen) atoms. The van der Waals surface area contributed by atoms with Crippen molar-refractivity contribution in [1.29, 1.82) is 0 Å². The molecular formula is C15H12F2O3. The Hall–Kier alpha value is -2.43. The topological polar surface area (TPSA) is 46.5 Å². The van der Waals surface area contributed by atoms with E-state index in [-0.39, 0.29) is 5.56 Å². The van der Waals surface area contributed by atoms with Crippen LogP contribution in [0.25, 0.3) is 11.1 Å². The summed E-state index contributed by atoms with van der Waals surface area (Å²) < 4.78 is 31.6. The third-order valence-electron chi connectivity index (χ3n) is 2.76. The van der Waals surface area contributed by atoms with Gasteiger partial charge in [-0.1, -0.05) is 12.1 Å². The molecule has 0 radical (unpaired) electrons. The van der Waals surface area contributed by atoms with Gasteiger partial charge in [-0.3, -0.25) is 0 Å². The molecule has 0 aliphatic carbocycles. The molecule has 1 N–H and O–H groups in total. The fourth-order valence-electron chi connectivity index (χ4n) is 1.69. The second-order valence-corrected chi connectivity index (χ2v) is 4.25. The molecule has 5 heteroatoms. The number of aliphatic carboxylic acids is 1. The van der Waals surface area contributed by atoms with Gasteiger partial charge >= 0.3 is 5.97 Å². The van der Waals surface area contributed by atoms with Crippen LogP contribution in [0.1, 0.15) is 6.92 Å². The Labute approximate surface area is 114 Å². The predicted octanol–water partition coefficient (Wildman–Crippen LogP) is 3.48. The van der Waals surface area contributed by atoms with Crippen molar-refractivity contribution in [1.82, 2.24) is 0 Å². The highest BCUT2D eigenvalue weighted by atomic mass is 19.1. The van der Waals surface area contributed by atoms with Crippen molar-refractivity contribution in [2.75, 3.05) is 0 Å². The van der Waals surface area contributed by atoms with E-state index < -0.39 is 23.7 Å². The first-order valence-electron chi connectivity index (χ1n) is 5.92. The summed E-state index contributed by atoms with van der Waals surface area (Å²) in [5.74, 6) is -2.00. The van der Waals surface area contributed by atoms with Gasteiger partial charge in [0.1, 0.15) is 17.4 Å². The van der Waals surface area contributed by atoms with E-state index in [2.05, 4.69) is 0 Å². The normalized spacial score (nSPS) is 11.9. The number of halogens is 2. The molecule has 0 bridgehead atoms. The van der Waals surface area contributed by atoms with Gasteiger partial charge in [-0.05, 0) is 36.8 Å². The highest BCUT2D eigenvalue weighted by Gasteiger charge is 2.12. The molecule has 0 aliphatic rings. The first-order valence-corrected chi connectivity index (χ1v) is 5.92. The lowest BCUT2D eigenvalue weighted by molar-refractivity contribution is -0.144. The Morgan fingerprint density at radius 2 is 1.80 bits per heavy atom. The average Bonchev–Trinajstić information content (AvgIpc) is 2.40. The molecule has 0 saturated carbocycles. The molecule has 0 amide bonds. The largest absolute Gasteiger partial charge is 0.479 e. The van der Waals surface area contributed by atoms with Gasteiger partial charge < -0.3 is 9.84 Å². The molecule has 1 unspecified atom stereocenters. The van der Waals surface area contributed by atoms with Crippen molar-refractivity contribution in [3.63, 3.8) is 0 Å². The van der Waals surface area contributed by atoms with Crippen LogP contribution in [0.3, 0.4) is 0 Å². The van der Waals surface area contributed by atoms with E-state index in [9.17, 15) is 13.6 Å². The van der Waals surface area contributed by atoms with Crippen LogP contribution in [0.5, 0.6) is 5.75 Å². The maximum absolute atomic E-state index is 13.6. The zero-order valence-electron chi connectivity index (χ0n) is 10.6. The van der Waals surface area contributed by atoms with E-state index in [1.807, 2.05) is 0 Å². The quantitative estimate of drug-likeness (QED) is 0.931. The Bertz CT molecular complexity index is 624. The number of carboxylic acids is 1. The van der Waals surface area contributed by atoms with Crippen LogP contribution in [0.4, 0.5) is 8.78 Å². The van der Waals surface area contributed by atoms with Crippen LogP contribution in [-0.4, -0.2) is 17.2 Å². The summed E-state index contributed by atoms with van der Waals surface area (Å²) in [6.45, 7) is 1.41. The molecule has 0 spiro atoms. The summed E-state index contributed by atoms with van der Waals surface area (Å²) in [7, 11) is 0. The standard InChI is InChI=1S/C15H12F2O3/c1-9(15(18)19)20-12-5-2-10(3-6-12)13-7-4-11(16)8-14(13)17/h2-9H,1H3,(H,18,19). The van der Waals surface area contributed by atoms with Crippen molar-refractivity contribution in [2.24, 2.45) is 0 Å². The second-order valence-electron chi connectivity index (χ2n) is 4.25. The highest BCUT2D eigenvalue weighted by molar-refractivity contribution is 5.72. The van der Waals surface area contributed by atoms with Crippen LogP contribution in [-0.2, 0) is 4.79 Å². The summed E-state index contributed by atoms with van der Waals surface area (Å²) in [6, 6.07) is 9.58. The molecule has 0 aromatic heterocycles. The summed E-state index contributed by atoms with van der Waals surface area (Å²) in [4.78, 5) is 10.7. The smallest absolute Gasteiger partial charge is 0.344 e. The van der Waals surface area contributed by atoms with E-state index in [4.69, 9.17) is 9.84 Å². The van der Waals surface area contributed by atoms with E-state index >= 15 is 0 Å². The molecule has 104 valence electrons. The number of ether oxygens (including phenoxy) is 1. The monoisotopic (exact) mass is 278 g/mol. The number of benzene rings is 2. The van der Waals surface area contributed by atoms with E-state index in [1.54, 1.807) is 12.1 Å². The lowest BCUT2D eigenvalue weighted by Crippen LogP contribution is -2.22. The molecule has 1 atom stereocenters. The Kier molecular flexibility index (Phi) is 3.98. The van der Waals surface area contributed by atoms with E-state index in [1.165, 1.54) is 31.2 Å². The van der Waals surface area contributed by atoms with Crippen LogP contribution in [0, 0.1) is 11.6 Å². The number of carboxylic acid groups (broad SMARTS) is 1. The van der Waals surface area contributed by atoms with Crippen molar-refractivity contribution in [3.8, 4) is 16.9 Å². The third kappa shape index (κ3) is 3.12. The maximum Gasteiger partial charge on any atom is 0.344 e. The maximum atomic E-state index is 13.6. The molecule has 2 aromatic carbocycles.